The Labute approximate surface area is 160 Å². The van der Waals surface area contributed by atoms with Gasteiger partial charge in [0.2, 0.25) is 0 Å². The minimum atomic E-state index is -0.683. The molecule has 2 N–H and O–H groups in total. The second kappa shape index (κ2) is 8.34. The molecule has 8 nitrogen and oxygen atoms in total. The molecule has 0 fully saturated rings. The summed E-state index contributed by atoms with van der Waals surface area (Å²) in [5.41, 5.74) is 6.84. The summed E-state index contributed by atoms with van der Waals surface area (Å²) in [4.78, 5) is 40.6. The van der Waals surface area contributed by atoms with Crippen LogP contribution in [0.25, 0.3) is 10.9 Å². The third-order valence-corrected chi connectivity index (χ3v) is 4.16. The van der Waals surface area contributed by atoms with Crippen LogP contribution < -0.4 is 10.9 Å². The Bertz CT molecular complexity index is 1030. The van der Waals surface area contributed by atoms with E-state index in [9.17, 15) is 14.4 Å². The molecule has 8 heteroatoms. The molecular weight excluding hydrogens is 362 g/mol. The lowest BCUT2D eigenvalue weighted by Crippen LogP contribution is -2.43. The molecule has 0 spiro atoms. The van der Waals surface area contributed by atoms with Crippen LogP contribution in [0, 0.1) is 6.92 Å². The molecule has 0 unspecified atom stereocenters. The summed E-state index contributed by atoms with van der Waals surface area (Å²) < 4.78 is 10.0. The van der Waals surface area contributed by atoms with Crippen molar-refractivity contribution in [3.8, 4) is 0 Å². The molecule has 0 atom stereocenters. The van der Waals surface area contributed by atoms with E-state index < -0.39 is 24.4 Å². The van der Waals surface area contributed by atoms with E-state index in [1.54, 1.807) is 6.07 Å². The molecule has 0 aliphatic carbocycles. The molecule has 0 saturated heterocycles. The average Bonchev–Trinajstić information content (AvgIpc) is 3.25. The molecule has 2 amide bonds. The number of esters is 1. The number of hydrazine groups is 1. The van der Waals surface area contributed by atoms with Gasteiger partial charge >= 0.3 is 11.9 Å². The van der Waals surface area contributed by atoms with Crippen molar-refractivity contribution in [2.45, 2.75) is 20.3 Å². The molecule has 3 aromatic rings. The standard InChI is InChI=1S/C20H19N3O5/c1-3-14-18(12(2)13-7-4-5-8-15(13)21-14)20(26)28-11-17(24)22-23-19(25)16-9-6-10-27-16/h4-10H,3,11H2,1-2H3,(H,22,24)(H,23,25). The minimum Gasteiger partial charge on any atom is -0.459 e. The zero-order valence-electron chi connectivity index (χ0n) is 15.4. The number of benzene rings is 1. The number of fused-ring (bicyclic) bond motifs is 1. The van der Waals surface area contributed by atoms with Crippen LogP contribution in [0.1, 0.15) is 39.1 Å². The Hall–Kier alpha value is -3.68. The number of amides is 2. The van der Waals surface area contributed by atoms with Crippen LogP contribution in [0.4, 0.5) is 0 Å². The van der Waals surface area contributed by atoms with Crippen LogP contribution in [-0.4, -0.2) is 29.4 Å². The van der Waals surface area contributed by atoms with Gasteiger partial charge in [0, 0.05) is 5.39 Å². The van der Waals surface area contributed by atoms with E-state index in [0.29, 0.717) is 17.7 Å². The van der Waals surface area contributed by atoms with Crippen LogP contribution >= 0.6 is 0 Å². The summed E-state index contributed by atoms with van der Waals surface area (Å²) in [7, 11) is 0. The van der Waals surface area contributed by atoms with Crippen molar-refractivity contribution in [2.75, 3.05) is 6.61 Å². The number of para-hydroxylation sites is 1. The maximum atomic E-state index is 12.6. The number of nitrogens with zero attached hydrogens (tertiary/aromatic N) is 1. The number of hydrogen-bond donors (Lipinski definition) is 2. The number of furan rings is 1. The summed E-state index contributed by atoms with van der Waals surface area (Å²) in [6, 6.07) is 10.5. The fourth-order valence-corrected chi connectivity index (χ4v) is 2.80. The number of pyridine rings is 1. The normalized spacial score (nSPS) is 10.5. The molecule has 144 valence electrons. The summed E-state index contributed by atoms with van der Waals surface area (Å²) in [5, 5.41) is 0.849. The first-order valence-electron chi connectivity index (χ1n) is 8.69. The van der Waals surface area contributed by atoms with Crippen LogP contribution in [0.5, 0.6) is 0 Å². The van der Waals surface area contributed by atoms with Gasteiger partial charge in [-0.25, -0.2) is 4.79 Å². The lowest BCUT2D eigenvalue weighted by molar-refractivity contribution is -0.125. The van der Waals surface area contributed by atoms with Gasteiger partial charge in [-0.05, 0) is 37.1 Å². The fourth-order valence-electron chi connectivity index (χ4n) is 2.80. The molecule has 0 radical (unpaired) electrons. The lowest BCUT2D eigenvalue weighted by Gasteiger charge is -2.13. The average molecular weight is 381 g/mol. The molecule has 28 heavy (non-hydrogen) atoms. The molecule has 0 aliphatic rings. The smallest absolute Gasteiger partial charge is 0.340 e. The minimum absolute atomic E-state index is 0.0442. The predicted molar refractivity (Wildman–Crippen MR) is 100 cm³/mol. The summed E-state index contributed by atoms with van der Waals surface area (Å²) in [6.07, 6.45) is 1.88. The van der Waals surface area contributed by atoms with Crippen LogP contribution in [0.15, 0.2) is 47.1 Å². The summed E-state index contributed by atoms with van der Waals surface area (Å²) in [5.74, 6) is -1.90. The first-order valence-corrected chi connectivity index (χ1v) is 8.69. The molecule has 2 aromatic heterocycles. The Morgan fingerprint density at radius 3 is 2.61 bits per heavy atom. The zero-order valence-corrected chi connectivity index (χ0v) is 15.4. The number of carbonyl (C=O) groups is 3. The molecule has 0 aliphatic heterocycles. The number of rotatable bonds is 5. The number of aromatic nitrogens is 1. The number of ether oxygens (including phenoxy) is 1. The number of aryl methyl sites for hydroxylation is 2. The summed E-state index contributed by atoms with van der Waals surface area (Å²) in [6.45, 7) is 3.17. The van der Waals surface area contributed by atoms with E-state index >= 15 is 0 Å². The first kappa shape index (κ1) is 19.1. The van der Waals surface area contributed by atoms with Crippen LogP contribution in [0.2, 0.25) is 0 Å². The molecule has 3 rings (SSSR count). The van der Waals surface area contributed by atoms with Crippen LogP contribution in [0.3, 0.4) is 0 Å². The Morgan fingerprint density at radius 2 is 1.89 bits per heavy atom. The molecule has 0 bridgehead atoms. The van der Waals surface area contributed by atoms with Crippen molar-refractivity contribution in [1.82, 2.24) is 15.8 Å². The third kappa shape index (κ3) is 4.01. The van der Waals surface area contributed by atoms with Crippen molar-refractivity contribution in [3.05, 3.63) is 65.2 Å². The first-order chi connectivity index (χ1) is 13.5. The number of nitrogens with one attached hydrogen (secondary N) is 2. The molecule has 1 aromatic carbocycles. The van der Waals surface area contributed by atoms with E-state index in [0.717, 1.165) is 16.5 Å². The van der Waals surface area contributed by atoms with Crippen molar-refractivity contribution >= 4 is 28.7 Å². The molecular formula is C20H19N3O5. The second-order valence-electron chi connectivity index (χ2n) is 5.98. The Morgan fingerprint density at radius 1 is 1.11 bits per heavy atom. The van der Waals surface area contributed by atoms with Gasteiger partial charge in [0.25, 0.3) is 5.91 Å². The molecule has 2 heterocycles. The van der Waals surface area contributed by atoms with E-state index in [2.05, 4.69) is 15.8 Å². The fraction of sp³-hybridized carbons (Fsp3) is 0.200. The van der Waals surface area contributed by atoms with Gasteiger partial charge in [-0.2, -0.15) is 0 Å². The second-order valence-corrected chi connectivity index (χ2v) is 5.98. The van der Waals surface area contributed by atoms with Crippen molar-refractivity contribution in [1.29, 1.82) is 0 Å². The monoisotopic (exact) mass is 381 g/mol. The van der Waals surface area contributed by atoms with Crippen LogP contribution in [-0.2, 0) is 16.0 Å². The van der Waals surface area contributed by atoms with Gasteiger partial charge in [-0.1, -0.05) is 25.1 Å². The number of hydrogen-bond acceptors (Lipinski definition) is 6. The molecule has 0 saturated carbocycles. The van der Waals surface area contributed by atoms with E-state index in [-0.39, 0.29) is 5.76 Å². The Kier molecular flexibility index (Phi) is 5.69. The van der Waals surface area contributed by atoms with Gasteiger partial charge < -0.3 is 9.15 Å². The lowest BCUT2D eigenvalue weighted by atomic mass is 10.0. The van der Waals surface area contributed by atoms with Crippen molar-refractivity contribution in [2.24, 2.45) is 0 Å². The van der Waals surface area contributed by atoms with E-state index in [4.69, 9.17) is 9.15 Å². The van der Waals surface area contributed by atoms with Gasteiger partial charge in [0.05, 0.1) is 23.0 Å². The van der Waals surface area contributed by atoms with E-state index in [1.165, 1.54) is 12.3 Å². The highest BCUT2D eigenvalue weighted by atomic mass is 16.5. The highest BCUT2D eigenvalue weighted by Gasteiger charge is 2.20. The van der Waals surface area contributed by atoms with Gasteiger partial charge in [0.1, 0.15) is 0 Å². The number of carbonyl (C=O) groups excluding carboxylic acids is 3. The van der Waals surface area contributed by atoms with E-state index in [1.807, 2.05) is 38.1 Å². The third-order valence-electron chi connectivity index (χ3n) is 4.16. The van der Waals surface area contributed by atoms with Crippen molar-refractivity contribution in [3.63, 3.8) is 0 Å². The van der Waals surface area contributed by atoms with Gasteiger partial charge in [0.15, 0.2) is 12.4 Å². The predicted octanol–water partition coefficient (Wildman–Crippen LogP) is 2.32. The quantitative estimate of drug-likeness (QED) is 0.518. The van der Waals surface area contributed by atoms with Gasteiger partial charge in [-0.15, -0.1) is 0 Å². The highest BCUT2D eigenvalue weighted by molar-refractivity contribution is 5.99. The maximum Gasteiger partial charge on any atom is 0.340 e. The summed E-state index contributed by atoms with van der Waals surface area (Å²) >= 11 is 0. The highest BCUT2D eigenvalue weighted by Crippen LogP contribution is 2.24. The largest absolute Gasteiger partial charge is 0.459 e. The SMILES string of the molecule is CCc1nc2ccccc2c(C)c1C(=O)OCC(=O)NNC(=O)c1ccco1. The topological polar surface area (TPSA) is 111 Å². The zero-order chi connectivity index (χ0) is 20.1. The maximum absolute atomic E-state index is 12.6. The van der Waals surface area contributed by atoms with Crippen molar-refractivity contribution < 1.29 is 23.5 Å². The Balaban J connectivity index is 1.65. The van der Waals surface area contributed by atoms with Gasteiger partial charge in [-0.3, -0.25) is 25.4 Å².